The Bertz CT molecular complexity index is 538. The van der Waals surface area contributed by atoms with E-state index in [4.69, 9.17) is 11.0 Å². The lowest BCUT2D eigenvalue weighted by Crippen LogP contribution is -2.37. The van der Waals surface area contributed by atoms with Crippen molar-refractivity contribution in [3.63, 3.8) is 0 Å². The zero-order valence-electron chi connectivity index (χ0n) is 11.2. The van der Waals surface area contributed by atoms with Crippen LogP contribution in [0.4, 0.5) is 10.1 Å². The molecule has 4 nitrogen and oxygen atoms in total. The number of hydrogen-bond acceptors (Lipinski definition) is 3. The number of amides is 1. The van der Waals surface area contributed by atoms with Crippen LogP contribution in [0.5, 0.6) is 0 Å². The monoisotopic (exact) mass is 275 g/mol. The zero-order chi connectivity index (χ0) is 14.5. The van der Waals surface area contributed by atoms with E-state index in [0.717, 1.165) is 38.2 Å². The fourth-order valence-electron chi connectivity index (χ4n) is 2.61. The number of carbonyl (C=O) groups excluding carboxylic acids is 1. The summed E-state index contributed by atoms with van der Waals surface area (Å²) < 4.78 is 13.1. The number of rotatable bonds is 2. The van der Waals surface area contributed by atoms with Crippen molar-refractivity contribution in [3.8, 4) is 6.07 Å². The van der Waals surface area contributed by atoms with Crippen LogP contribution >= 0.6 is 0 Å². The van der Waals surface area contributed by atoms with Crippen molar-refractivity contribution in [3.05, 3.63) is 29.6 Å². The molecule has 2 unspecified atom stereocenters. The molecule has 0 aromatic heterocycles. The Hall–Kier alpha value is -1.93. The van der Waals surface area contributed by atoms with Crippen molar-refractivity contribution in [2.45, 2.75) is 38.1 Å². The van der Waals surface area contributed by atoms with Crippen molar-refractivity contribution in [1.29, 1.82) is 5.26 Å². The first-order chi connectivity index (χ1) is 9.61. The van der Waals surface area contributed by atoms with Gasteiger partial charge in [-0.2, -0.15) is 5.26 Å². The molecule has 2 atom stereocenters. The Morgan fingerprint density at radius 3 is 2.85 bits per heavy atom. The second-order valence-electron chi connectivity index (χ2n) is 5.20. The molecule has 5 heteroatoms. The number of anilines is 1. The molecule has 0 aliphatic heterocycles. The topological polar surface area (TPSA) is 78.9 Å². The summed E-state index contributed by atoms with van der Waals surface area (Å²) in [4.78, 5) is 12.3. The predicted octanol–water partition coefficient (Wildman–Crippen LogP) is 2.54. The lowest BCUT2D eigenvalue weighted by molar-refractivity contribution is -0.120. The molecule has 1 aliphatic rings. The fourth-order valence-corrected chi connectivity index (χ4v) is 2.61. The highest BCUT2D eigenvalue weighted by Gasteiger charge is 2.27. The first-order valence-corrected chi connectivity index (χ1v) is 6.88. The van der Waals surface area contributed by atoms with Crippen LogP contribution in [-0.2, 0) is 4.79 Å². The van der Waals surface area contributed by atoms with Gasteiger partial charge in [-0.05, 0) is 31.0 Å². The molecule has 1 saturated carbocycles. The number of nitrogens with one attached hydrogen (secondary N) is 1. The van der Waals surface area contributed by atoms with Crippen molar-refractivity contribution in [2.75, 3.05) is 5.32 Å². The maximum absolute atomic E-state index is 13.1. The van der Waals surface area contributed by atoms with Crippen molar-refractivity contribution in [1.82, 2.24) is 0 Å². The van der Waals surface area contributed by atoms with Gasteiger partial charge in [-0.15, -0.1) is 0 Å². The second-order valence-corrected chi connectivity index (χ2v) is 5.20. The molecular formula is C15H18FN3O. The van der Waals surface area contributed by atoms with Crippen LogP contribution < -0.4 is 11.1 Å². The molecule has 1 aliphatic carbocycles. The van der Waals surface area contributed by atoms with Gasteiger partial charge in [0.2, 0.25) is 5.91 Å². The zero-order valence-corrected chi connectivity index (χ0v) is 11.2. The minimum absolute atomic E-state index is 0.126. The second kappa shape index (κ2) is 6.49. The van der Waals surface area contributed by atoms with Crippen LogP contribution in [-0.4, -0.2) is 11.9 Å². The summed E-state index contributed by atoms with van der Waals surface area (Å²) in [5.41, 5.74) is 6.51. The van der Waals surface area contributed by atoms with E-state index in [9.17, 15) is 9.18 Å². The van der Waals surface area contributed by atoms with Gasteiger partial charge in [0.25, 0.3) is 0 Å². The van der Waals surface area contributed by atoms with Gasteiger partial charge in [-0.3, -0.25) is 4.79 Å². The summed E-state index contributed by atoms with van der Waals surface area (Å²) in [5, 5.41) is 11.7. The van der Waals surface area contributed by atoms with Crippen LogP contribution in [0.1, 0.15) is 37.7 Å². The van der Waals surface area contributed by atoms with Gasteiger partial charge in [0.05, 0.1) is 17.2 Å². The fraction of sp³-hybridized carbons (Fsp3) is 0.467. The Morgan fingerprint density at radius 1 is 1.35 bits per heavy atom. The van der Waals surface area contributed by atoms with Gasteiger partial charge in [0.1, 0.15) is 11.9 Å². The molecule has 3 N–H and O–H groups in total. The maximum atomic E-state index is 13.1. The van der Waals surface area contributed by atoms with E-state index in [-0.39, 0.29) is 23.4 Å². The Kier molecular flexibility index (Phi) is 4.70. The molecule has 0 radical (unpaired) electrons. The normalized spacial score (nSPS) is 22.6. The molecular weight excluding hydrogens is 257 g/mol. The Morgan fingerprint density at radius 2 is 2.10 bits per heavy atom. The average Bonchev–Trinajstić information content (AvgIpc) is 2.65. The van der Waals surface area contributed by atoms with Gasteiger partial charge < -0.3 is 11.1 Å². The molecule has 1 aromatic rings. The van der Waals surface area contributed by atoms with Gasteiger partial charge in [-0.1, -0.05) is 19.3 Å². The molecule has 0 heterocycles. The molecule has 1 amide bonds. The highest BCUT2D eigenvalue weighted by molar-refractivity contribution is 5.94. The molecule has 1 fully saturated rings. The van der Waals surface area contributed by atoms with Gasteiger partial charge in [-0.25, -0.2) is 4.39 Å². The minimum Gasteiger partial charge on any atom is -0.327 e. The van der Waals surface area contributed by atoms with E-state index in [1.165, 1.54) is 12.1 Å². The lowest BCUT2D eigenvalue weighted by atomic mass is 9.94. The highest BCUT2D eigenvalue weighted by Crippen LogP contribution is 2.24. The van der Waals surface area contributed by atoms with Crippen molar-refractivity contribution < 1.29 is 9.18 Å². The number of halogens is 1. The van der Waals surface area contributed by atoms with Gasteiger partial charge in [0.15, 0.2) is 0 Å². The third-order valence-electron chi connectivity index (χ3n) is 3.77. The standard InChI is InChI=1S/C15H18FN3O/c16-11-6-7-14(10(8-11)9-17)19-15(20)12-4-2-1-3-5-13(12)18/h6-8,12-13H,1-5,18H2,(H,19,20). The third kappa shape index (κ3) is 3.34. The van der Waals surface area contributed by atoms with E-state index in [1.807, 2.05) is 6.07 Å². The van der Waals surface area contributed by atoms with E-state index >= 15 is 0 Å². The number of nitrogens with zero attached hydrogens (tertiary/aromatic N) is 1. The Labute approximate surface area is 117 Å². The number of carbonyl (C=O) groups is 1. The summed E-state index contributed by atoms with van der Waals surface area (Å²) in [6.45, 7) is 0. The smallest absolute Gasteiger partial charge is 0.229 e. The van der Waals surface area contributed by atoms with Crippen molar-refractivity contribution >= 4 is 11.6 Å². The molecule has 2 rings (SSSR count). The van der Waals surface area contributed by atoms with Crippen LogP contribution in [0.2, 0.25) is 0 Å². The van der Waals surface area contributed by atoms with Gasteiger partial charge >= 0.3 is 0 Å². The number of nitrogens with two attached hydrogens (primary N) is 1. The van der Waals surface area contributed by atoms with E-state index < -0.39 is 5.82 Å². The summed E-state index contributed by atoms with van der Waals surface area (Å²) in [6.07, 6.45) is 4.73. The van der Waals surface area contributed by atoms with Crippen LogP contribution in [0.25, 0.3) is 0 Å². The largest absolute Gasteiger partial charge is 0.327 e. The predicted molar refractivity (Wildman–Crippen MR) is 74.3 cm³/mol. The summed E-state index contributed by atoms with van der Waals surface area (Å²) in [6, 6.07) is 5.48. The molecule has 0 saturated heterocycles. The maximum Gasteiger partial charge on any atom is 0.229 e. The SMILES string of the molecule is N#Cc1cc(F)ccc1NC(=O)C1CCCCCC1N. The average molecular weight is 275 g/mol. The van der Waals surface area contributed by atoms with E-state index in [0.29, 0.717) is 5.69 Å². The lowest BCUT2D eigenvalue weighted by Gasteiger charge is -2.20. The van der Waals surface area contributed by atoms with Crippen LogP contribution in [0.15, 0.2) is 18.2 Å². The van der Waals surface area contributed by atoms with Crippen molar-refractivity contribution in [2.24, 2.45) is 11.7 Å². The molecule has 0 spiro atoms. The van der Waals surface area contributed by atoms with E-state index in [2.05, 4.69) is 5.32 Å². The van der Waals surface area contributed by atoms with Gasteiger partial charge in [0, 0.05) is 6.04 Å². The first-order valence-electron chi connectivity index (χ1n) is 6.88. The third-order valence-corrected chi connectivity index (χ3v) is 3.77. The molecule has 20 heavy (non-hydrogen) atoms. The summed E-state index contributed by atoms with van der Waals surface area (Å²) >= 11 is 0. The molecule has 0 bridgehead atoms. The number of benzene rings is 1. The molecule has 106 valence electrons. The highest BCUT2D eigenvalue weighted by atomic mass is 19.1. The number of nitriles is 1. The Balaban J connectivity index is 2.13. The van der Waals surface area contributed by atoms with Crippen LogP contribution in [0, 0.1) is 23.1 Å². The molecule has 1 aromatic carbocycles. The summed E-state index contributed by atoms with van der Waals surface area (Å²) in [7, 11) is 0. The van der Waals surface area contributed by atoms with Crippen LogP contribution in [0.3, 0.4) is 0 Å². The quantitative estimate of drug-likeness (QED) is 0.814. The minimum atomic E-state index is -0.495. The first kappa shape index (κ1) is 14.5. The summed E-state index contributed by atoms with van der Waals surface area (Å²) in [5.74, 6) is -0.915. The number of hydrogen-bond donors (Lipinski definition) is 2. The van der Waals surface area contributed by atoms with E-state index in [1.54, 1.807) is 0 Å².